The molecule has 0 bridgehead atoms. The molecular weight excluding hydrogens is 256 g/mol. The molecule has 0 heterocycles. The van der Waals surface area contributed by atoms with Crippen molar-refractivity contribution in [2.75, 3.05) is 0 Å². The summed E-state index contributed by atoms with van der Waals surface area (Å²) in [5, 5.41) is 0. The third kappa shape index (κ3) is 1.42. The summed E-state index contributed by atoms with van der Waals surface area (Å²) >= 11 is 6.67. The molecular formula is C8H4Br2. The van der Waals surface area contributed by atoms with E-state index in [-0.39, 0.29) is 0 Å². The van der Waals surface area contributed by atoms with Crippen LogP contribution in [0, 0.1) is 12.3 Å². The minimum absolute atomic E-state index is 0.863. The van der Waals surface area contributed by atoms with Gasteiger partial charge in [-0.25, -0.2) is 0 Å². The van der Waals surface area contributed by atoms with Crippen LogP contribution in [-0.4, -0.2) is 0 Å². The van der Waals surface area contributed by atoms with Crippen molar-refractivity contribution < 1.29 is 0 Å². The van der Waals surface area contributed by atoms with Gasteiger partial charge in [-0.05, 0) is 44.0 Å². The van der Waals surface area contributed by atoms with Gasteiger partial charge in [0.25, 0.3) is 0 Å². The van der Waals surface area contributed by atoms with Gasteiger partial charge in [0.15, 0.2) is 0 Å². The predicted octanol–water partition coefficient (Wildman–Crippen LogP) is 3.19. The Balaban J connectivity index is 3.34. The highest BCUT2D eigenvalue weighted by Crippen LogP contribution is 2.23. The third-order valence-corrected chi connectivity index (χ3v) is 2.43. The summed E-state index contributed by atoms with van der Waals surface area (Å²) < 4.78 is 1.90. The summed E-state index contributed by atoms with van der Waals surface area (Å²) in [7, 11) is 0. The number of hydrogen-bond donors (Lipinski definition) is 0. The Bertz CT molecular complexity index is 264. The third-order valence-electron chi connectivity index (χ3n) is 1.11. The Morgan fingerprint density at radius 1 is 1.20 bits per heavy atom. The lowest BCUT2D eigenvalue weighted by molar-refractivity contribution is 1.54. The highest BCUT2D eigenvalue weighted by atomic mass is 79.9. The molecule has 0 aromatic heterocycles. The molecule has 0 radical (unpaired) electrons. The Morgan fingerprint density at radius 3 is 2.00 bits per heavy atom. The Labute approximate surface area is 76.9 Å². The van der Waals surface area contributed by atoms with Gasteiger partial charge in [0.1, 0.15) is 0 Å². The zero-order chi connectivity index (χ0) is 7.56. The van der Waals surface area contributed by atoms with Gasteiger partial charge < -0.3 is 0 Å². The van der Waals surface area contributed by atoms with E-state index in [4.69, 9.17) is 6.42 Å². The molecule has 2 heteroatoms. The van der Waals surface area contributed by atoms with Crippen LogP contribution in [-0.2, 0) is 0 Å². The van der Waals surface area contributed by atoms with E-state index in [0.717, 1.165) is 14.5 Å². The van der Waals surface area contributed by atoms with Crippen molar-refractivity contribution in [2.45, 2.75) is 0 Å². The van der Waals surface area contributed by atoms with E-state index in [1.807, 2.05) is 18.2 Å². The van der Waals surface area contributed by atoms with Crippen molar-refractivity contribution >= 4 is 31.9 Å². The second kappa shape index (κ2) is 3.23. The number of terminal acetylenes is 1. The molecule has 1 rings (SSSR count). The number of rotatable bonds is 0. The summed E-state index contributed by atoms with van der Waals surface area (Å²) in [4.78, 5) is 0. The average molecular weight is 260 g/mol. The fourth-order valence-electron chi connectivity index (χ4n) is 0.636. The molecule has 0 aliphatic carbocycles. The normalized spacial score (nSPS) is 8.90. The van der Waals surface area contributed by atoms with Crippen LogP contribution < -0.4 is 0 Å². The van der Waals surface area contributed by atoms with Crippen molar-refractivity contribution in [3.05, 3.63) is 32.7 Å². The van der Waals surface area contributed by atoms with Gasteiger partial charge in [0, 0.05) is 8.95 Å². The average Bonchev–Trinajstić information content (AvgIpc) is 1.88. The Morgan fingerprint density at radius 2 is 1.70 bits per heavy atom. The summed E-state index contributed by atoms with van der Waals surface area (Å²) in [5.41, 5.74) is 0.863. The zero-order valence-corrected chi connectivity index (χ0v) is 8.24. The van der Waals surface area contributed by atoms with Gasteiger partial charge in [-0.3, -0.25) is 0 Å². The van der Waals surface area contributed by atoms with Gasteiger partial charge in [-0.15, -0.1) is 6.42 Å². The van der Waals surface area contributed by atoms with Gasteiger partial charge in [0.05, 0.1) is 5.56 Å². The van der Waals surface area contributed by atoms with Crippen LogP contribution >= 0.6 is 31.9 Å². The van der Waals surface area contributed by atoms with Crippen molar-refractivity contribution in [2.24, 2.45) is 0 Å². The van der Waals surface area contributed by atoms with Crippen LogP contribution in [0.2, 0.25) is 0 Å². The molecule has 0 aliphatic heterocycles. The second-order valence-electron chi connectivity index (χ2n) is 1.74. The van der Waals surface area contributed by atoms with Crippen molar-refractivity contribution in [3.8, 4) is 12.3 Å². The predicted molar refractivity (Wildman–Crippen MR) is 49.8 cm³/mol. The first-order valence-corrected chi connectivity index (χ1v) is 4.25. The van der Waals surface area contributed by atoms with E-state index in [1.54, 1.807) is 0 Å². The molecule has 0 aliphatic rings. The summed E-state index contributed by atoms with van der Waals surface area (Å²) in [6.07, 6.45) is 5.24. The van der Waals surface area contributed by atoms with E-state index < -0.39 is 0 Å². The standard InChI is InChI=1S/C8H4Br2/c1-2-6-7(9)4-3-5-8(6)10/h1,3-5H. The molecule has 1 aromatic rings. The fourth-order valence-corrected chi connectivity index (χ4v) is 1.86. The molecule has 0 saturated heterocycles. The zero-order valence-electron chi connectivity index (χ0n) is 5.07. The topological polar surface area (TPSA) is 0 Å². The monoisotopic (exact) mass is 258 g/mol. The highest BCUT2D eigenvalue weighted by molar-refractivity contribution is 9.11. The van der Waals surface area contributed by atoms with Gasteiger partial charge >= 0.3 is 0 Å². The molecule has 0 unspecified atom stereocenters. The molecule has 50 valence electrons. The fraction of sp³-hybridized carbons (Fsp3) is 0. The maximum absolute atomic E-state index is 5.24. The van der Waals surface area contributed by atoms with Crippen LogP contribution in [0.4, 0.5) is 0 Å². The van der Waals surface area contributed by atoms with Gasteiger partial charge in [0.2, 0.25) is 0 Å². The van der Waals surface area contributed by atoms with E-state index in [2.05, 4.69) is 37.8 Å². The molecule has 0 saturated carbocycles. The minimum atomic E-state index is 0.863. The van der Waals surface area contributed by atoms with Crippen LogP contribution in [0.3, 0.4) is 0 Å². The number of benzene rings is 1. The van der Waals surface area contributed by atoms with Gasteiger partial charge in [-0.2, -0.15) is 0 Å². The largest absolute Gasteiger partial charge is 0.115 e. The minimum Gasteiger partial charge on any atom is -0.115 e. The first-order chi connectivity index (χ1) is 4.75. The lowest BCUT2D eigenvalue weighted by Gasteiger charge is -1.96. The smallest absolute Gasteiger partial charge is 0.0526 e. The number of hydrogen-bond acceptors (Lipinski definition) is 0. The summed E-state index contributed by atoms with van der Waals surface area (Å²) in [6, 6.07) is 5.76. The molecule has 0 N–H and O–H groups in total. The van der Waals surface area contributed by atoms with Gasteiger partial charge in [-0.1, -0.05) is 12.0 Å². The summed E-state index contributed by atoms with van der Waals surface area (Å²) in [6.45, 7) is 0. The SMILES string of the molecule is C#Cc1c(Br)cccc1Br. The lowest BCUT2D eigenvalue weighted by Crippen LogP contribution is -1.77. The van der Waals surface area contributed by atoms with Crippen LogP contribution in [0.15, 0.2) is 27.1 Å². The quantitative estimate of drug-likeness (QED) is 0.628. The molecule has 0 amide bonds. The van der Waals surface area contributed by atoms with Crippen molar-refractivity contribution in [1.29, 1.82) is 0 Å². The lowest BCUT2D eigenvalue weighted by atomic mass is 10.2. The highest BCUT2D eigenvalue weighted by Gasteiger charge is 1.98. The summed E-state index contributed by atoms with van der Waals surface area (Å²) in [5.74, 6) is 2.57. The van der Waals surface area contributed by atoms with Crippen LogP contribution in [0.25, 0.3) is 0 Å². The maximum Gasteiger partial charge on any atom is 0.0526 e. The van der Waals surface area contributed by atoms with Crippen molar-refractivity contribution in [1.82, 2.24) is 0 Å². The number of halogens is 2. The molecule has 10 heavy (non-hydrogen) atoms. The van der Waals surface area contributed by atoms with E-state index in [0.29, 0.717) is 0 Å². The van der Waals surface area contributed by atoms with E-state index >= 15 is 0 Å². The Hall–Kier alpha value is -0.260. The van der Waals surface area contributed by atoms with Crippen LogP contribution in [0.5, 0.6) is 0 Å². The molecule has 0 nitrogen and oxygen atoms in total. The molecule has 0 spiro atoms. The Kier molecular flexibility index (Phi) is 2.53. The first-order valence-electron chi connectivity index (χ1n) is 2.66. The maximum atomic E-state index is 5.24. The van der Waals surface area contributed by atoms with Crippen molar-refractivity contribution in [3.63, 3.8) is 0 Å². The molecule has 0 atom stereocenters. The molecule has 0 fully saturated rings. The van der Waals surface area contributed by atoms with E-state index in [1.165, 1.54) is 0 Å². The molecule has 1 aromatic carbocycles. The first kappa shape index (κ1) is 7.84. The second-order valence-corrected chi connectivity index (χ2v) is 3.45. The van der Waals surface area contributed by atoms with Crippen LogP contribution in [0.1, 0.15) is 5.56 Å². The van der Waals surface area contributed by atoms with E-state index in [9.17, 15) is 0 Å².